The summed E-state index contributed by atoms with van der Waals surface area (Å²) in [5, 5.41) is 9.22. The van der Waals surface area contributed by atoms with Crippen LogP contribution < -0.4 is 10.1 Å². The minimum atomic E-state index is -0.533. The number of nitrogens with zero attached hydrogens (tertiary/aromatic N) is 2. The molecule has 0 saturated heterocycles. The van der Waals surface area contributed by atoms with Crippen molar-refractivity contribution in [2.45, 2.75) is 6.92 Å². The Balaban J connectivity index is 1.59. The van der Waals surface area contributed by atoms with Gasteiger partial charge in [-0.25, -0.2) is 9.48 Å². The maximum Gasteiger partial charge on any atom is 0.341 e. The Labute approximate surface area is 182 Å². The van der Waals surface area contributed by atoms with E-state index >= 15 is 0 Å². The highest BCUT2D eigenvalue weighted by molar-refractivity contribution is 7.15. The number of esters is 1. The van der Waals surface area contributed by atoms with Gasteiger partial charge in [-0.3, -0.25) is 4.79 Å². The molecule has 3 aromatic heterocycles. The van der Waals surface area contributed by atoms with Gasteiger partial charge in [0.15, 0.2) is 5.69 Å². The quantitative estimate of drug-likeness (QED) is 0.424. The molecule has 0 aliphatic heterocycles. The number of carbonyl (C=O) groups excluding carboxylic acids is 2. The maximum absolute atomic E-state index is 12.8. The van der Waals surface area contributed by atoms with Gasteiger partial charge in [-0.1, -0.05) is 0 Å². The zero-order valence-corrected chi connectivity index (χ0v) is 17.6. The largest absolute Gasteiger partial charge is 0.497 e. The van der Waals surface area contributed by atoms with E-state index in [1.54, 1.807) is 48.5 Å². The average molecular weight is 437 g/mol. The van der Waals surface area contributed by atoms with Crippen molar-refractivity contribution in [2.75, 3.05) is 19.0 Å². The highest BCUT2D eigenvalue weighted by Gasteiger charge is 2.25. The van der Waals surface area contributed by atoms with Crippen LogP contribution in [0.25, 0.3) is 17.0 Å². The van der Waals surface area contributed by atoms with Crippen molar-refractivity contribution in [3.8, 4) is 22.8 Å². The molecule has 4 aromatic rings. The monoisotopic (exact) mass is 437 g/mol. The van der Waals surface area contributed by atoms with Gasteiger partial charge in [0.25, 0.3) is 5.91 Å². The zero-order chi connectivity index (χ0) is 21.8. The lowest BCUT2D eigenvalue weighted by Gasteiger charge is -2.07. The van der Waals surface area contributed by atoms with Crippen LogP contribution in [0.15, 0.2) is 64.7 Å². The Morgan fingerprint density at radius 3 is 2.68 bits per heavy atom. The van der Waals surface area contributed by atoms with E-state index in [0.717, 1.165) is 11.4 Å². The summed E-state index contributed by atoms with van der Waals surface area (Å²) in [6.07, 6.45) is 3.21. The fraction of sp³-hybridized carbons (Fsp3) is 0.136. The summed E-state index contributed by atoms with van der Waals surface area (Å²) in [6.45, 7) is 1.94. The number of furan rings is 1. The maximum atomic E-state index is 12.8. The number of carbonyl (C=O) groups is 2. The van der Waals surface area contributed by atoms with Crippen molar-refractivity contribution in [1.82, 2.24) is 9.78 Å². The number of nitrogens with one attached hydrogen (secondary N) is 1. The SMILES string of the molecule is CCOC(=O)c1c(-c2ccco2)csc1NC(=O)c1ccn(-c2ccc(OC)cc2)n1. The molecule has 0 unspecified atom stereocenters. The number of thiophene rings is 1. The number of anilines is 1. The van der Waals surface area contributed by atoms with E-state index in [9.17, 15) is 9.59 Å². The van der Waals surface area contributed by atoms with Gasteiger partial charge in [-0.15, -0.1) is 11.3 Å². The Hall–Kier alpha value is -3.85. The number of rotatable bonds is 7. The molecular weight excluding hydrogens is 418 g/mol. The minimum absolute atomic E-state index is 0.207. The molecule has 0 atom stereocenters. The first kappa shape index (κ1) is 20.4. The molecule has 0 fully saturated rings. The van der Waals surface area contributed by atoms with Crippen molar-refractivity contribution in [3.63, 3.8) is 0 Å². The third-order valence-electron chi connectivity index (χ3n) is 4.44. The number of methoxy groups -OCH3 is 1. The van der Waals surface area contributed by atoms with Crippen molar-refractivity contribution in [2.24, 2.45) is 0 Å². The molecule has 158 valence electrons. The Morgan fingerprint density at radius 1 is 1.19 bits per heavy atom. The van der Waals surface area contributed by atoms with Gasteiger partial charge < -0.3 is 19.2 Å². The Kier molecular flexibility index (Phi) is 5.85. The molecule has 31 heavy (non-hydrogen) atoms. The smallest absolute Gasteiger partial charge is 0.341 e. The van der Waals surface area contributed by atoms with Crippen LogP contribution in [0.2, 0.25) is 0 Å². The molecule has 0 aliphatic carbocycles. The number of ether oxygens (including phenoxy) is 2. The summed E-state index contributed by atoms with van der Waals surface area (Å²) >= 11 is 1.22. The van der Waals surface area contributed by atoms with E-state index in [1.165, 1.54) is 17.6 Å². The molecule has 0 saturated carbocycles. The second-order valence-corrected chi connectivity index (χ2v) is 7.23. The van der Waals surface area contributed by atoms with Gasteiger partial charge in [0.05, 0.1) is 25.7 Å². The number of aromatic nitrogens is 2. The minimum Gasteiger partial charge on any atom is -0.497 e. The first-order valence-corrected chi connectivity index (χ1v) is 10.3. The molecule has 0 bridgehead atoms. The molecule has 0 radical (unpaired) electrons. The van der Waals surface area contributed by atoms with Gasteiger partial charge in [0.2, 0.25) is 0 Å². The van der Waals surface area contributed by atoms with Gasteiger partial charge in [0.1, 0.15) is 22.1 Å². The van der Waals surface area contributed by atoms with E-state index < -0.39 is 11.9 Å². The van der Waals surface area contributed by atoms with Gasteiger partial charge in [-0.05, 0) is 49.4 Å². The summed E-state index contributed by atoms with van der Waals surface area (Å²) in [6, 6.07) is 12.4. The number of hydrogen-bond acceptors (Lipinski definition) is 7. The summed E-state index contributed by atoms with van der Waals surface area (Å²) in [5.74, 6) is 0.272. The first-order chi connectivity index (χ1) is 15.1. The van der Waals surface area contributed by atoms with E-state index in [2.05, 4.69) is 10.4 Å². The number of amides is 1. The molecule has 1 aromatic carbocycles. The van der Waals surface area contributed by atoms with Crippen LogP contribution in [-0.2, 0) is 4.74 Å². The molecule has 1 N–H and O–H groups in total. The molecule has 3 heterocycles. The summed E-state index contributed by atoms with van der Waals surface area (Å²) < 4.78 is 17.3. The van der Waals surface area contributed by atoms with Crippen molar-refractivity contribution >= 4 is 28.2 Å². The predicted molar refractivity (Wildman–Crippen MR) is 116 cm³/mol. The van der Waals surface area contributed by atoms with Crippen LogP contribution in [0.5, 0.6) is 5.75 Å². The molecule has 0 aliphatic rings. The van der Waals surface area contributed by atoms with Crippen LogP contribution in [-0.4, -0.2) is 35.4 Å². The van der Waals surface area contributed by atoms with E-state index in [1.807, 2.05) is 24.3 Å². The van der Waals surface area contributed by atoms with Crippen molar-refractivity contribution < 1.29 is 23.5 Å². The number of hydrogen-bond donors (Lipinski definition) is 1. The molecular formula is C22H19N3O5S. The zero-order valence-electron chi connectivity index (χ0n) is 16.8. The predicted octanol–water partition coefficient (Wildman–Crippen LogP) is 4.63. The summed E-state index contributed by atoms with van der Waals surface area (Å²) in [7, 11) is 1.60. The first-order valence-electron chi connectivity index (χ1n) is 9.44. The normalized spacial score (nSPS) is 10.6. The summed E-state index contributed by atoms with van der Waals surface area (Å²) in [5.41, 5.74) is 1.80. The lowest BCUT2D eigenvalue weighted by molar-refractivity contribution is 0.0529. The van der Waals surface area contributed by atoms with Crippen LogP contribution >= 0.6 is 11.3 Å². The van der Waals surface area contributed by atoms with Crippen LogP contribution in [0, 0.1) is 0 Å². The topological polar surface area (TPSA) is 95.6 Å². The molecule has 1 amide bonds. The van der Waals surface area contributed by atoms with E-state index in [0.29, 0.717) is 16.3 Å². The highest BCUT2D eigenvalue weighted by atomic mass is 32.1. The third kappa shape index (κ3) is 4.22. The Morgan fingerprint density at radius 2 is 2.00 bits per heavy atom. The average Bonchev–Trinajstić information content (AvgIpc) is 3.54. The van der Waals surface area contributed by atoms with Crippen LogP contribution in [0.3, 0.4) is 0 Å². The van der Waals surface area contributed by atoms with Crippen LogP contribution in [0.4, 0.5) is 5.00 Å². The van der Waals surface area contributed by atoms with Gasteiger partial charge in [-0.2, -0.15) is 5.10 Å². The fourth-order valence-corrected chi connectivity index (χ4v) is 3.89. The molecule has 4 rings (SSSR count). The van der Waals surface area contributed by atoms with Crippen molar-refractivity contribution in [1.29, 1.82) is 0 Å². The Bertz CT molecular complexity index is 1190. The van der Waals surface area contributed by atoms with E-state index in [4.69, 9.17) is 13.9 Å². The molecule has 0 spiro atoms. The fourth-order valence-electron chi connectivity index (χ4n) is 2.96. The van der Waals surface area contributed by atoms with Gasteiger partial charge >= 0.3 is 5.97 Å². The summed E-state index contributed by atoms with van der Waals surface area (Å²) in [4.78, 5) is 25.4. The lowest BCUT2D eigenvalue weighted by Crippen LogP contribution is -2.15. The third-order valence-corrected chi connectivity index (χ3v) is 5.34. The van der Waals surface area contributed by atoms with Crippen molar-refractivity contribution in [3.05, 3.63) is 71.6 Å². The second kappa shape index (κ2) is 8.88. The molecule has 9 heteroatoms. The second-order valence-electron chi connectivity index (χ2n) is 6.35. The van der Waals surface area contributed by atoms with Gasteiger partial charge in [0, 0.05) is 17.1 Å². The standard InChI is InChI=1S/C22H19N3O5S/c1-3-29-22(27)19-16(18-5-4-12-30-18)13-31-21(19)23-20(26)17-10-11-25(24-17)14-6-8-15(28-2)9-7-14/h4-13H,3H2,1-2H3,(H,23,26). The lowest BCUT2D eigenvalue weighted by atomic mass is 10.1. The van der Waals surface area contributed by atoms with Crippen LogP contribution in [0.1, 0.15) is 27.8 Å². The van der Waals surface area contributed by atoms with E-state index in [-0.39, 0.29) is 17.9 Å². The number of benzene rings is 1. The highest BCUT2D eigenvalue weighted by Crippen LogP contribution is 2.36. The molecule has 8 nitrogen and oxygen atoms in total.